The average Bonchev–Trinajstić information content (AvgIpc) is 3.26. The van der Waals surface area contributed by atoms with Crippen LogP contribution in [0.2, 0.25) is 0 Å². The molecule has 0 saturated heterocycles. The van der Waals surface area contributed by atoms with Gasteiger partial charge in [0.15, 0.2) is 0 Å². The fourth-order valence-electron chi connectivity index (χ4n) is 3.49. The van der Waals surface area contributed by atoms with Crippen molar-refractivity contribution < 1.29 is 19.4 Å². The van der Waals surface area contributed by atoms with E-state index in [0.29, 0.717) is 6.04 Å². The molecule has 1 aromatic rings. The number of β-amino-alcohol motifs (C(OH)–C–C–N with tert-alkyl or cyclic N) is 1. The molecular formula is C19H25N3O4. The van der Waals surface area contributed by atoms with E-state index in [9.17, 15) is 9.59 Å². The smallest absolute Gasteiger partial charge is 0.337 e. The van der Waals surface area contributed by atoms with Crippen molar-refractivity contribution in [3.8, 4) is 0 Å². The Morgan fingerprint density at radius 1 is 1.27 bits per heavy atom. The van der Waals surface area contributed by atoms with E-state index in [0.717, 1.165) is 24.2 Å². The van der Waals surface area contributed by atoms with Gasteiger partial charge in [-0.1, -0.05) is 25.0 Å². The first-order valence-electron chi connectivity index (χ1n) is 8.98. The zero-order chi connectivity index (χ0) is 18.5. The Morgan fingerprint density at radius 2 is 1.96 bits per heavy atom. The summed E-state index contributed by atoms with van der Waals surface area (Å²) >= 11 is 0. The molecule has 1 aromatic carbocycles. The molecular weight excluding hydrogens is 334 g/mol. The largest absolute Gasteiger partial charge is 0.466 e. The number of amides is 1. The first kappa shape index (κ1) is 18.3. The Labute approximate surface area is 153 Å². The predicted molar refractivity (Wildman–Crippen MR) is 98.7 cm³/mol. The Hall–Kier alpha value is -2.54. The van der Waals surface area contributed by atoms with Crippen LogP contribution in [-0.4, -0.2) is 54.7 Å². The molecule has 1 amide bonds. The second-order valence-corrected chi connectivity index (χ2v) is 6.59. The molecule has 0 atom stereocenters. The molecule has 2 aliphatic rings. The van der Waals surface area contributed by atoms with Gasteiger partial charge in [-0.2, -0.15) is 0 Å². The lowest BCUT2D eigenvalue weighted by Crippen LogP contribution is -2.31. The normalized spacial score (nSPS) is 17.8. The number of nitrogens with zero attached hydrogens (tertiary/aromatic N) is 1. The molecule has 0 aromatic heterocycles. The van der Waals surface area contributed by atoms with Crippen molar-refractivity contribution in [3.05, 3.63) is 35.5 Å². The van der Waals surface area contributed by atoms with Crippen molar-refractivity contribution in [1.29, 1.82) is 0 Å². The second-order valence-electron chi connectivity index (χ2n) is 6.59. The van der Waals surface area contributed by atoms with Crippen LogP contribution in [0, 0.1) is 0 Å². The highest BCUT2D eigenvalue weighted by Crippen LogP contribution is 2.30. The van der Waals surface area contributed by atoms with Gasteiger partial charge in [-0.05, 0) is 25.0 Å². The van der Waals surface area contributed by atoms with Gasteiger partial charge < -0.3 is 25.4 Å². The van der Waals surface area contributed by atoms with Crippen LogP contribution in [0.5, 0.6) is 0 Å². The van der Waals surface area contributed by atoms with E-state index in [4.69, 9.17) is 9.84 Å². The van der Waals surface area contributed by atoms with Crippen LogP contribution in [0.25, 0.3) is 0 Å². The molecule has 26 heavy (non-hydrogen) atoms. The summed E-state index contributed by atoms with van der Waals surface area (Å²) in [6, 6.07) is 8.08. The highest BCUT2D eigenvalue weighted by atomic mass is 16.5. The number of aliphatic hydroxyl groups excluding tert-OH is 1. The third kappa shape index (κ3) is 3.83. The van der Waals surface area contributed by atoms with Crippen LogP contribution < -0.4 is 10.6 Å². The van der Waals surface area contributed by atoms with Crippen molar-refractivity contribution >= 4 is 23.3 Å². The highest BCUT2D eigenvalue weighted by molar-refractivity contribution is 6.09. The first-order valence-corrected chi connectivity index (χ1v) is 8.98. The van der Waals surface area contributed by atoms with E-state index in [1.54, 1.807) is 0 Å². The quantitative estimate of drug-likeness (QED) is 0.642. The maximum Gasteiger partial charge on any atom is 0.337 e. The summed E-state index contributed by atoms with van der Waals surface area (Å²) in [5, 5.41) is 15.8. The summed E-state index contributed by atoms with van der Waals surface area (Å²) in [5.41, 5.74) is 2.15. The van der Waals surface area contributed by atoms with E-state index >= 15 is 0 Å². The number of rotatable bonds is 7. The minimum absolute atomic E-state index is 0.132. The van der Waals surface area contributed by atoms with E-state index in [-0.39, 0.29) is 36.9 Å². The lowest BCUT2D eigenvalue weighted by atomic mass is 10.2. The number of carbonyl (C=O) groups excluding carboxylic acids is 2. The molecule has 0 bridgehead atoms. The summed E-state index contributed by atoms with van der Waals surface area (Å²) in [5.74, 6) is -0.849. The molecule has 3 rings (SSSR count). The first-order chi connectivity index (χ1) is 12.6. The van der Waals surface area contributed by atoms with Gasteiger partial charge in [0.2, 0.25) is 0 Å². The minimum Gasteiger partial charge on any atom is -0.466 e. The van der Waals surface area contributed by atoms with Crippen LogP contribution in [0.3, 0.4) is 0 Å². The molecule has 1 heterocycles. The van der Waals surface area contributed by atoms with Crippen LogP contribution >= 0.6 is 0 Å². The van der Waals surface area contributed by atoms with Crippen molar-refractivity contribution in [2.45, 2.75) is 31.7 Å². The molecule has 1 aliphatic heterocycles. The molecule has 0 radical (unpaired) electrons. The monoisotopic (exact) mass is 359 g/mol. The molecule has 7 nitrogen and oxygen atoms in total. The van der Waals surface area contributed by atoms with Crippen molar-refractivity contribution in [2.24, 2.45) is 0 Å². The number of carbonyl (C=O) groups is 2. The fraction of sp³-hybridized carbons (Fsp3) is 0.474. The Kier molecular flexibility index (Phi) is 5.78. The number of aliphatic hydroxyl groups is 1. The second kappa shape index (κ2) is 8.23. The summed E-state index contributed by atoms with van der Waals surface area (Å²) in [7, 11) is 1.29. The van der Waals surface area contributed by atoms with Crippen LogP contribution in [-0.2, 0) is 14.3 Å². The molecule has 3 N–H and O–H groups in total. The van der Waals surface area contributed by atoms with Gasteiger partial charge in [-0.25, -0.2) is 4.79 Å². The molecule has 0 unspecified atom stereocenters. The average molecular weight is 359 g/mol. The van der Waals surface area contributed by atoms with Crippen LogP contribution in [0.4, 0.5) is 11.4 Å². The number of anilines is 2. The van der Waals surface area contributed by atoms with Gasteiger partial charge in [0, 0.05) is 12.6 Å². The summed E-state index contributed by atoms with van der Waals surface area (Å²) in [6.45, 7) is 0.145. The number of hydrogen-bond acceptors (Lipinski definition) is 6. The lowest BCUT2D eigenvalue weighted by Gasteiger charge is -2.19. The molecule has 1 saturated carbocycles. The fourth-order valence-corrected chi connectivity index (χ4v) is 3.49. The molecule has 1 aliphatic carbocycles. The number of ether oxygens (including phenoxy) is 1. The summed E-state index contributed by atoms with van der Waals surface area (Å²) in [4.78, 5) is 26.2. The SMILES string of the molecule is COC(=O)C1=C(Nc2ccccc2NC2CCCC2)C(=O)N(CCO)C1. The lowest BCUT2D eigenvalue weighted by molar-refractivity contribution is -0.136. The van der Waals surface area contributed by atoms with Crippen LogP contribution in [0.1, 0.15) is 25.7 Å². The van der Waals surface area contributed by atoms with Crippen molar-refractivity contribution in [3.63, 3.8) is 0 Å². The third-order valence-electron chi connectivity index (χ3n) is 4.86. The van der Waals surface area contributed by atoms with E-state index < -0.39 is 5.97 Å². The predicted octanol–water partition coefficient (Wildman–Crippen LogP) is 1.71. The molecule has 0 spiro atoms. The Balaban J connectivity index is 1.85. The number of nitrogens with one attached hydrogen (secondary N) is 2. The minimum atomic E-state index is -0.539. The van der Waals surface area contributed by atoms with Crippen molar-refractivity contribution in [1.82, 2.24) is 4.90 Å². The van der Waals surface area contributed by atoms with Crippen LogP contribution in [0.15, 0.2) is 35.5 Å². The number of para-hydroxylation sites is 2. The number of methoxy groups -OCH3 is 1. The maximum absolute atomic E-state index is 12.7. The topological polar surface area (TPSA) is 90.9 Å². The van der Waals surface area contributed by atoms with Gasteiger partial charge in [0.05, 0.1) is 37.2 Å². The van der Waals surface area contributed by atoms with Gasteiger partial charge in [0.25, 0.3) is 5.91 Å². The summed E-state index contributed by atoms with van der Waals surface area (Å²) in [6.07, 6.45) is 4.71. The van der Waals surface area contributed by atoms with E-state index in [1.165, 1.54) is 24.9 Å². The number of esters is 1. The highest BCUT2D eigenvalue weighted by Gasteiger charge is 2.34. The molecule has 7 heteroatoms. The van der Waals surface area contributed by atoms with Gasteiger partial charge >= 0.3 is 5.97 Å². The summed E-state index contributed by atoms with van der Waals surface area (Å²) < 4.78 is 4.82. The van der Waals surface area contributed by atoms with Gasteiger partial charge in [-0.3, -0.25) is 4.79 Å². The third-order valence-corrected chi connectivity index (χ3v) is 4.86. The van der Waals surface area contributed by atoms with Gasteiger partial charge in [0.1, 0.15) is 5.70 Å². The molecule has 140 valence electrons. The maximum atomic E-state index is 12.7. The Bertz CT molecular complexity index is 710. The zero-order valence-electron chi connectivity index (χ0n) is 15.0. The van der Waals surface area contributed by atoms with Gasteiger partial charge in [-0.15, -0.1) is 0 Å². The molecule has 1 fully saturated rings. The standard InChI is InChI=1S/C19H25N3O4/c1-26-19(25)14-12-22(10-11-23)18(24)17(14)21-16-9-5-4-8-15(16)20-13-6-2-3-7-13/h4-5,8-9,13,20-21,23H,2-3,6-7,10-12H2,1H3. The Morgan fingerprint density at radius 3 is 2.62 bits per heavy atom. The number of benzene rings is 1. The van der Waals surface area contributed by atoms with E-state index in [2.05, 4.69) is 10.6 Å². The number of hydrogen-bond donors (Lipinski definition) is 3. The zero-order valence-corrected chi connectivity index (χ0v) is 15.0. The van der Waals surface area contributed by atoms with E-state index in [1.807, 2.05) is 24.3 Å². The van der Waals surface area contributed by atoms with Crippen molar-refractivity contribution in [2.75, 3.05) is 37.4 Å².